The number of methoxy groups -OCH3 is 1. The topological polar surface area (TPSA) is 122 Å². The number of imide groups is 1. The van der Waals surface area contributed by atoms with Gasteiger partial charge in [0.15, 0.2) is 0 Å². The van der Waals surface area contributed by atoms with Crippen LogP contribution in [0.1, 0.15) is 26.2 Å². The van der Waals surface area contributed by atoms with Gasteiger partial charge in [0.05, 0.1) is 30.2 Å². The second kappa shape index (κ2) is 10.1. The molecule has 0 aliphatic carbocycles. The molecule has 2 saturated heterocycles. The molecule has 4 rings (SSSR count). The van der Waals surface area contributed by atoms with Gasteiger partial charge in [-0.2, -0.15) is 4.31 Å². The van der Waals surface area contributed by atoms with E-state index in [9.17, 15) is 22.8 Å². The van der Waals surface area contributed by atoms with Crippen LogP contribution in [-0.4, -0.2) is 62.9 Å². The van der Waals surface area contributed by atoms with Crippen LogP contribution >= 0.6 is 0 Å². The molecule has 2 aliphatic heterocycles. The van der Waals surface area contributed by atoms with Gasteiger partial charge in [0.1, 0.15) is 11.8 Å². The van der Waals surface area contributed by atoms with E-state index in [-0.39, 0.29) is 29.9 Å². The second-order valence-electron chi connectivity index (χ2n) is 8.40. The van der Waals surface area contributed by atoms with Crippen molar-refractivity contribution in [2.75, 3.05) is 30.5 Å². The van der Waals surface area contributed by atoms with Crippen molar-refractivity contribution in [2.24, 2.45) is 0 Å². The first-order valence-corrected chi connectivity index (χ1v) is 12.7. The van der Waals surface area contributed by atoms with Crippen LogP contribution in [0.25, 0.3) is 0 Å². The summed E-state index contributed by atoms with van der Waals surface area (Å²) in [5.41, 5.74) is 0.814. The Bertz CT molecular complexity index is 1210. The number of ether oxygens (including phenoxy) is 2. The van der Waals surface area contributed by atoms with E-state index >= 15 is 0 Å². The largest absolute Gasteiger partial charge is 0.497 e. The predicted octanol–water partition coefficient (Wildman–Crippen LogP) is 2.16. The van der Waals surface area contributed by atoms with Crippen LogP contribution in [0.3, 0.4) is 0 Å². The molecule has 10 nitrogen and oxygen atoms in total. The number of hydrogen-bond acceptors (Lipinski definition) is 7. The Kier molecular flexibility index (Phi) is 7.20. The lowest BCUT2D eigenvalue weighted by molar-refractivity contribution is -0.122. The van der Waals surface area contributed by atoms with Gasteiger partial charge in [0, 0.05) is 25.8 Å². The second-order valence-corrected chi connectivity index (χ2v) is 10.3. The van der Waals surface area contributed by atoms with Crippen LogP contribution < -0.4 is 15.0 Å². The fraction of sp³-hybridized carbons (Fsp3) is 0.375. The molecule has 1 N–H and O–H groups in total. The number of carbonyl (C=O) groups is 3. The van der Waals surface area contributed by atoms with Gasteiger partial charge >= 0.3 is 0 Å². The molecule has 2 heterocycles. The van der Waals surface area contributed by atoms with Crippen molar-refractivity contribution in [2.45, 2.75) is 43.2 Å². The summed E-state index contributed by atoms with van der Waals surface area (Å²) in [7, 11) is -2.65. The Morgan fingerprint density at radius 3 is 2.40 bits per heavy atom. The Balaban J connectivity index is 1.64. The molecule has 2 atom stereocenters. The van der Waals surface area contributed by atoms with Crippen LogP contribution in [0.5, 0.6) is 5.75 Å². The number of anilines is 2. The Labute approximate surface area is 203 Å². The number of sulfonamides is 1. The third-order valence-electron chi connectivity index (χ3n) is 5.99. The van der Waals surface area contributed by atoms with Gasteiger partial charge in [-0.15, -0.1) is 0 Å². The highest BCUT2D eigenvalue weighted by Gasteiger charge is 2.47. The smallest absolute Gasteiger partial charge is 0.252 e. The van der Waals surface area contributed by atoms with E-state index in [1.165, 1.54) is 50.4 Å². The summed E-state index contributed by atoms with van der Waals surface area (Å²) in [5.74, 6) is -0.887. The minimum Gasteiger partial charge on any atom is -0.497 e. The van der Waals surface area contributed by atoms with Crippen molar-refractivity contribution in [1.29, 1.82) is 0 Å². The quantitative estimate of drug-likeness (QED) is 0.550. The maximum atomic E-state index is 13.7. The lowest BCUT2D eigenvalue weighted by Gasteiger charge is -2.29. The maximum Gasteiger partial charge on any atom is 0.252 e. The first kappa shape index (κ1) is 24.8. The predicted molar refractivity (Wildman–Crippen MR) is 128 cm³/mol. The van der Waals surface area contributed by atoms with Crippen molar-refractivity contribution in [3.05, 3.63) is 48.5 Å². The lowest BCUT2D eigenvalue weighted by Crippen LogP contribution is -2.48. The molecule has 0 saturated carbocycles. The van der Waals surface area contributed by atoms with E-state index in [1.807, 2.05) is 0 Å². The Morgan fingerprint density at radius 1 is 1.14 bits per heavy atom. The molecule has 2 fully saturated rings. The SMILES string of the molecule is COc1ccc(S(=O)(=O)N(CC2CCCO2)C2CC(=O)N(c3ccc(NC(C)=O)cc3)C2=O)cc1. The highest BCUT2D eigenvalue weighted by molar-refractivity contribution is 7.89. The first-order chi connectivity index (χ1) is 16.7. The van der Waals surface area contributed by atoms with Gasteiger partial charge in [-0.1, -0.05) is 0 Å². The fourth-order valence-electron chi connectivity index (χ4n) is 4.27. The maximum absolute atomic E-state index is 13.7. The molecule has 2 unspecified atom stereocenters. The summed E-state index contributed by atoms with van der Waals surface area (Å²) in [6.07, 6.45) is 0.814. The van der Waals surface area contributed by atoms with Gasteiger partial charge in [-0.3, -0.25) is 14.4 Å². The van der Waals surface area contributed by atoms with E-state index in [0.29, 0.717) is 30.2 Å². The number of hydrogen-bond donors (Lipinski definition) is 1. The summed E-state index contributed by atoms with van der Waals surface area (Å²) >= 11 is 0. The van der Waals surface area contributed by atoms with Crippen molar-refractivity contribution >= 4 is 39.1 Å². The number of nitrogens with one attached hydrogen (secondary N) is 1. The van der Waals surface area contributed by atoms with E-state index in [2.05, 4.69) is 5.32 Å². The molecule has 186 valence electrons. The van der Waals surface area contributed by atoms with Crippen LogP contribution in [-0.2, 0) is 29.1 Å². The van der Waals surface area contributed by atoms with E-state index in [1.54, 1.807) is 12.1 Å². The minimum atomic E-state index is -4.13. The van der Waals surface area contributed by atoms with Gasteiger partial charge < -0.3 is 14.8 Å². The molecule has 2 aromatic carbocycles. The normalized spacial score (nSPS) is 20.5. The third-order valence-corrected chi connectivity index (χ3v) is 7.88. The van der Waals surface area contributed by atoms with E-state index in [4.69, 9.17) is 9.47 Å². The van der Waals surface area contributed by atoms with Crippen molar-refractivity contribution in [1.82, 2.24) is 4.31 Å². The van der Waals surface area contributed by atoms with Crippen LogP contribution in [0.4, 0.5) is 11.4 Å². The Morgan fingerprint density at radius 2 is 1.83 bits per heavy atom. The summed E-state index contributed by atoms with van der Waals surface area (Å²) in [6, 6.07) is 10.9. The van der Waals surface area contributed by atoms with Crippen LogP contribution in [0, 0.1) is 0 Å². The molecule has 35 heavy (non-hydrogen) atoms. The third kappa shape index (κ3) is 5.21. The van der Waals surface area contributed by atoms with Gasteiger partial charge in [0.2, 0.25) is 21.8 Å². The molecular weight excluding hydrogens is 474 g/mol. The molecular formula is C24H27N3O7S. The highest BCUT2D eigenvalue weighted by Crippen LogP contribution is 2.31. The number of rotatable bonds is 8. The molecule has 0 radical (unpaired) electrons. The number of amides is 3. The monoisotopic (exact) mass is 501 g/mol. The molecule has 2 aromatic rings. The van der Waals surface area contributed by atoms with Gasteiger partial charge in [-0.05, 0) is 61.4 Å². The first-order valence-electron chi connectivity index (χ1n) is 11.2. The summed E-state index contributed by atoms with van der Waals surface area (Å²) in [4.78, 5) is 38.6. The van der Waals surface area contributed by atoms with Crippen molar-refractivity contribution in [3.63, 3.8) is 0 Å². The zero-order chi connectivity index (χ0) is 25.2. The molecule has 0 spiro atoms. The molecule has 3 amide bonds. The van der Waals surface area contributed by atoms with Gasteiger partial charge in [-0.25, -0.2) is 13.3 Å². The van der Waals surface area contributed by atoms with E-state index in [0.717, 1.165) is 15.6 Å². The Hall–Kier alpha value is -3.28. The average molecular weight is 502 g/mol. The zero-order valence-corrected chi connectivity index (χ0v) is 20.3. The fourth-order valence-corrected chi connectivity index (χ4v) is 5.89. The molecule has 11 heteroatoms. The van der Waals surface area contributed by atoms with Crippen molar-refractivity contribution < 1.29 is 32.3 Å². The van der Waals surface area contributed by atoms with Crippen LogP contribution in [0.15, 0.2) is 53.4 Å². The highest BCUT2D eigenvalue weighted by atomic mass is 32.2. The molecule has 0 aromatic heterocycles. The van der Waals surface area contributed by atoms with Crippen molar-refractivity contribution in [3.8, 4) is 5.75 Å². The minimum absolute atomic E-state index is 0.00495. The molecule has 0 bridgehead atoms. The zero-order valence-electron chi connectivity index (χ0n) is 19.5. The summed E-state index contributed by atoms with van der Waals surface area (Å²) in [6.45, 7) is 1.86. The number of benzene rings is 2. The average Bonchev–Trinajstić information content (AvgIpc) is 3.45. The summed E-state index contributed by atoms with van der Waals surface area (Å²) in [5, 5.41) is 2.62. The molecule has 2 aliphatic rings. The number of carbonyl (C=O) groups excluding carboxylic acids is 3. The van der Waals surface area contributed by atoms with Gasteiger partial charge in [0.25, 0.3) is 5.91 Å². The number of nitrogens with zero attached hydrogens (tertiary/aromatic N) is 2. The lowest BCUT2D eigenvalue weighted by atomic mass is 10.2. The summed E-state index contributed by atoms with van der Waals surface area (Å²) < 4.78 is 39.2. The van der Waals surface area contributed by atoms with E-state index < -0.39 is 27.9 Å². The van der Waals surface area contributed by atoms with Crippen LogP contribution in [0.2, 0.25) is 0 Å². The standard InChI is InChI=1S/C24H27N3O7S/c1-16(28)25-17-5-7-18(8-6-17)27-23(29)14-22(24(27)30)26(15-20-4-3-13-34-20)35(31,32)21-11-9-19(33-2)10-12-21/h5-12,20,22H,3-4,13-15H2,1-2H3,(H,25,28).